The molecule has 2 unspecified atom stereocenters. The van der Waals surface area contributed by atoms with Crippen LogP contribution >= 0.6 is 11.6 Å². The number of ether oxygens (including phenoxy) is 3. The van der Waals surface area contributed by atoms with Crippen LogP contribution < -0.4 is 14.8 Å². The number of aromatic carboxylic acids is 1. The van der Waals surface area contributed by atoms with Crippen molar-refractivity contribution in [2.45, 2.75) is 74.7 Å². The number of carbonyl (C=O) groups is 1. The highest BCUT2D eigenvalue weighted by Gasteiger charge is 2.45. The van der Waals surface area contributed by atoms with Gasteiger partial charge < -0.3 is 24.2 Å². The van der Waals surface area contributed by atoms with Gasteiger partial charge in [-0.05, 0) is 98.7 Å². The second-order valence-corrected chi connectivity index (χ2v) is 15.3. The van der Waals surface area contributed by atoms with Crippen LogP contribution in [0.5, 0.6) is 5.75 Å². The lowest BCUT2D eigenvalue weighted by Crippen LogP contribution is -2.51. The predicted octanol–water partition coefficient (Wildman–Crippen LogP) is 4.78. The largest absolute Gasteiger partial charge is 0.490 e. The van der Waals surface area contributed by atoms with E-state index in [9.17, 15) is 18.3 Å². The molecule has 0 radical (unpaired) electrons. The maximum absolute atomic E-state index is 12.0. The average molecular weight is 633 g/mol. The Morgan fingerprint density at radius 3 is 2.81 bits per heavy atom. The number of primary sulfonamides is 1. The Kier molecular flexibility index (Phi) is 8.69. The van der Waals surface area contributed by atoms with E-state index in [0.29, 0.717) is 30.8 Å². The van der Waals surface area contributed by atoms with Crippen LogP contribution in [0.1, 0.15) is 66.9 Å². The molecular weight excluding hydrogens is 592 g/mol. The molecule has 2 fully saturated rings. The van der Waals surface area contributed by atoms with E-state index in [-0.39, 0.29) is 29.8 Å². The summed E-state index contributed by atoms with van der Waals surface area (Å²) in [5, 5.41) is 15.1. The van der Waals surface area contributed by atoms with Gasteiger partial charge in [0.2, 0.25) is 10.0 Å². The zero-order valence-electron chi connectivity index (χ0n) is 24.5. The molecule has 2 aliphatic carbocycles. The quantitative estimate of drug-likeness (QED) is 0.426. The number of nitrogens with zero attached hydrogens (tertiary/aromatic N) is 1. The van der Waals surface area contributed by atoms with Gasteiger partial charge in [0.25, 0.3) is 0 Å². The van der Waals surface area contributed by atoms with E-state index in [0.717, 1.165) is 68.7 Å². The Hall–Kier alpha value is -2.37. The number of fused-ring (bicyclic) bond motifs is 3. The van der Waals surface area contributed by atoms with E-state index < -0.39 is 21.2 Å². The lowest BCUT2D eigenvalue weighted by Gasteiger charge is -2.47. The molecule has 1 spiro atoms. The number of nitrogens with two attached hydrogens (primary N) is 1. The number of rotatable bonds is 8. The van der Waals surface area contributed by atoms with Crippen molar-refractivity contribution in [2.75, 3.05) is 37.8 Å². The molecule has 0 amide bonds. The van der Waals surface area contributed by atoms with Crippen LogP contribution in [0.2, 0.25) is 5.02 Å². The second-order valence-electron chi connectivity index (χ2n) is 12.9. The number of carboxylic acids is 1. The molecule has 2 aliphatic heterocycles. The molecule has 3 N–H and O–H groups in total. The van der Waals surface area contributed by atoms with Crippen LogP contribution in [-0.2, 0) is 31.3 Å². The molecule has 0 bridgehead atoms. The van der Waals surface area contributed by atoms with Gasteiger partial charge >= 0.3 is 5.97 Å². The topological polar surface area (TPSA) is 128 Å². The highest BCUT2D eigenvalue weighted by atomic mass is 35.5. The number of carboxylic acid groups (broad SMARTS) is 1. The molecule has 4 aliphatic rings. The molecule has 1 saturated heterocycles. The Morgan fingerprint density at radius 2 is 2.07 bits per heavy atom. The minimum atomic E-state index is -3.64. The van der Waals surface area contributed by atoms with E-state index in [1.807, 2.05) is 6.07 Å². The van der Waals surface area contributed by atoms with E-state index >= 15 is 0 Å². The molecule has 2 aromatic rings. The van der Waals surface area contributed by atoms with E-state index in [1.165, 1.54) is 11.1 Å². The summed E-state index contributed by atoms with van der Waals surface area (Å²) in [5.74, 6) is 0.451. The fraction of sp³-hybridized carbons (Fsp3) is 0.594. The van der Waals surface area contributed by atoms with Crippen molar-refractivity contribution in [1.29, 1.82) is 0 Å². The summed E-state index contributed by atoms with van der Waals surface area (Å²) in [5.41, 5.74) is 3.37. The Labute approximate surface area is 258 Å². The van der Waals surface area contributed by atoms with Crippen LogP contribution in [-0.4, -0.2) is 69.9 Å². The van der Waals surface area contributed by atoms with Crippen molar-refractivity contribution in [2.24, 2.45) is 17.0 Å². The summed E-state index contributed by atoms with van der Waals surface area (Å²) in [7, 11) is -3.64. The fourth-order valence-corrected chi connectivity index (χ4v) is 7.92. The van der Waals surface area contributed by atoms with Gasteiger partial charge in [-0.1, -0.05) is 17.7 Å². The molecule has 43 heavy (non-hydrogen) atoms. The maximum Gasteiger partial charge on any atom is 0.335 e. The third-order valence-electron chi connectivity index (χ3n) is 10.1. The Balaban J connectivity index is 1.23. The summed E-state index contributed by atoms with van der Waals surface area (Å²) in [6, 6.07) is 11.4. The smallest absolute Gasteiger partial charge is 0.335 e. The molecule has 0 aromatic heterocycles. The first-order valence-corrected chi connectivity index (χ1v) is 17.3. The van der Waals surface area contributed by atoms with Gasteiger partial charge in [-0.25, -0.2) is 18.4 Å². The third kappa shape index (κ3) is 6.40. The van der Waals surface area contributed by atoms with Gasteiger partial charge in [0.15, 0.2) is 0 Å². The van der Waals surface area contributed by atoms with Crippen molar-refractivity contribution in [3.63, 3.8) is 0 Å². The Bertz CT molecular complexity index is 1470. The first-order valence-electron chi connectivity index (χ1n) is 15.3. The maximum atomic E-state index is 12.0. The molecule has 2 heterocycles. The first-order chi connectivity index (χ1) is 20.5. The average Bonchev–Trinajstić information content (AvgIpc) is 3.10. The minimum absolute atomic E-state index is 0.0295. The number of hydrogen-bond donors (Lipinski definition) is 2. The van der Waals surface area contributed by atoms with Gasteiger partial charge in [0, 0.05) is 36.6 Å². The number of benzene rings is 2. The number of hydrogen-bond acceptors (Lipinski definition) is 7. The zero-order chi connectivity index (χ0) is 30.4. The summed E-state index contributed by atoms with van der Waals surface area (Å²) in [4.78, 5) is 14.3. The molecule has 2 aromatic carbocycles. The fourth-order valence-electron chi connectivity index (χ4n) is 7.45. The zero-order valence-corrected chi connectivity index (χ0v) is 26.1. The van der Waals surface area contributed by atoms with Crippen molar-refractivity contribution < 1.29 is 32.5 Å². The standard InChI is InChI=1S/C32H41ClN2O7S/c1-20(43(34,38)39)17-41-25-10-12-40-30(15-25)26-7-4-23(26)16-35-18-32(11-2-3-21-13-24(33)6-8-27(21)32)19-42-29-9-5-22(31(36)37)14-28(29)35/h5-6,8-9,13-14,20,23,25-26,30H,2-4,7,10-12,15-19H2,1H3,(H,36,37)(H2,34,38,39)/t20?,23-,25-,26+,30+,32?/m0/s1. The SMILES string of the molecule is CC(CO[C@H]1CCO[C@@H]([C@@H]2CC[C@H]2CN2CC3(CCCc4cc(Cl)ccc43)COc3ccc(C(=O)O)cc32)C1)S(N)(=O)=O. The summed E-state index contributed by atoms with van der Waals surface area (Å²) in [6.45, 7) is 4.24. The van der Waals surface area contributed by atoms with Crippen molar-refractivity contribution in [3.05, 3.63) is 58.1 Å². The van der Waals surface area contributed by atoms with E-state index in [2.05, 4.69) is 17.0 Å². The number of sulfonamides is 1. The van der Waals surface area contributed by atoms with Gasteiger partial charge in [0.05, 0.1) is 41.9 Å². The van der Waals surface area contributed by atoms with E-state index in [1.54, 1.807) is 25.1 Å². The second kappa shape index (κ2) is 12.2. The lowest BCUT2D eigenvalue weighted by molar-refractivity contribution is -0.116. The van der Waals surface area contributed by atoms with Crippen LogP contribution in [0.4, 0.5) is 5.69 Å². The van der Waals surface area contributed by atoms with E-state index in [4.69, 9.17) is 31.0 Å². The molecule has 11 heteroatoms. The van der Waals surface area contributed by atoms with Crippen LogP contribution in [0.25, 0.3) is 0 Å². The summed E-state index contributed by atoms with van der Waals surface area (Å²) >= 11 is 6.38. The van der Waals surface area contributed by atoms with Gasteiger partial charge in [-0.2, -0.15) is 0 Å². The van der Waals surface area contributed by atoms with Crippen LogP contribution in [0.15, 0.2) is 36.4 Å². The number of aryl methyl sites for hydroxylation is 1. The highest BCUT2D eigenvalue weighted by molar-refractivity contribution is 7.89. The normalized spacial score (nSPS) is 29.5. The highest BCUT2D eigenvalue weighted by Crippen LogP contribution is 2.47. The third-order valence-corrected chi connectivity index (χ3v) is 11.6. The van der Waals surface area contributed by atoms with Gasteiger partial charge in [-0.15, -0.1) is 0 Å². The number of anilines is 1. The van der Waals surface area contributed by atoms with Crippen LogP contribution in [0.3, 0.4) is 0 Å². The van der Waals surface area contributed by atoms with Crippen molar-refractivity contribution >= 4 is 33.3 Å². The molecule has 234 valence electrons. The first kappa shape index (κ1) is 30.6. The van der Waals surface area contributed by atoms with Crippen molar-refractivity contribution in [3.8, 4) is 5.75 Å². The lowest BCUT2D eigenvalue weighted by atomic mass is 9.67. The molecule has 6 rings (SSSR count). The van der Waals surface area contributed by atoms with Crippen molar-refractivity contribution in [1.82, 2.24) is 0 Å². The van der Waals surface area contributed by atoms with Gasteiger partial charge in [0.1, 0.15) is 5.75 Å². The number of halogens is 1. The molecule has 1 saturated carbocycles. The summed E-state index contributed by atoms with van der Waals surface area (Å²) in [6.07, 6.45) is 6.52. The van der Waals surface area contributed by atoms with Gasteiger partial charge in [-0.3, -0.25) is 0 Å². The predicted molar refractivity (Wildman–Crippen MR) is 165 cm³/mol. The molecule has 6 atom stereocenters. The monoisotopic (exact) mass is 632 g/mol. The van der Waals surface area contributed by atoms with Crippen LogP contribution in [0, 0.1) is 11.8 Å². The Morgan fingerprint density at radius 1 is 1.23 bits per heavy atom. The minimum Gasteiger partial charge on any atom is -0.490 e. The summed E-state index contributed by atoms with van der Waals surface area (Å²) < 4.78 is 42.0. The molecular formula is C32H41ClN2O7S. The molecule has 9 nitrogen and oxygen atoms in total.